The third kappa shape index (κ3) is 16.1. The lowest BCUT2D eigenvalue weighted by Crippen LogP contribution is -2.49. The molecular weight excluding hydrogens is 741 g/mol. The number of fused-ring (bicyclic) bond motifs is 1. The van der Waals surface area contributed by atoms with Gasteiger partial charge in [0.2, 0.25) is 5.91 Å². The standard InChI is InChI=1S/C30H41FN4O3S.2C2HF3O2/c1-21(20-34(17-15-27(32)37)16-13-22-7-6-8-24(31)19-22)35(25-9-4-2-3-5-10-25)18-14-23-11-12-26(36)28-29(23)39-30(38)33-28;2*3-2(4,5)1(6)7/h6-8,11-12,19,21,25,36H,2-5,9-10,13-18,20H2,1H3,(H2,32,37)(H,33,38);2*(H,6,7). The maximum Gasteiger partial charge on any atom is 0.490 e. The van der Waals surface area contributed by atoms with Crippen LogP contribution in [0.15, 0.2) is 41.2 Å². The number of nitrogens with two attached hydrogens (primary N) is 1. The van der Waals surface area contributed by atoms with Crippen molar-refractivity contribution in [1.29, 1.82) is 0 Å². The van der Waals surface area contributed by atoms with Crippen molar-refractivity contribution in [3.05, 3.63) is 63.0 Å². The Morgan fingerprint density at radius 1 is 0.925 bits per heavy atom. The molecule has 2 aromatic carbocycles. The first-order valence-electron chi connectivity index (χ1n) is 16.6. The Bertz CT molecular complexity index is 1670. The number of phenols is 1. The van der Waals surface area contributed by atoms with Gasteiger partial charge in [-0.2, -0.15) is 26.3 Å². The quantitative estimate of drug-likeness (QED) is 0.102. The summed E-state index contributed by atoms with van der Waals surface area (Å²) in [6.45, 7) is 5.16. The van der Waals surface area contributed by atoms with Gasteiger partial charge in [0.25, 0.3) is 0 Å². The lowest BCUT2D eigenvalue weighted by atomic mass is 10.0. The number of nitrogens with one attached hydrogen (secondary N) is 1. The molecular formula is C34H43F7N4O7S. The molecule has 1 fully saturated rings. The van der Waals surface area contributed by atoms with E-state index in [9.17, 15) is 45.4 Å². The molecule has 1 aliphatic rings. The fraction of sp³-hybridized carbons (Fsp3) is 0.529. The molecule has 53 heavy (non-hydrogen) atoms. The molecule has 1 saturated carbocycles. The molecule has 3 aromatic rings. The Balaban J connectivity index is 0.000000587. The monoisotopic (exact) mass is 784 g/mol. The Labute approximate surface area is 304 Å². The van der Waals surface area contributed by atoms with Crippen LogP contribution in [0.25, 0.3) is 10.2 Å². The third-order valence-corrected chi connectivity index (χ3v) is 9.38. The fourth-order valence-electron chi connectivity index (χ4n) is 5.89. The highest BCUT2D eigenvalue weighted by molar-refractivity contribution is 7.16. The smallest absolute Gasteiger partial charge is 0.490 e. The SMILES string of the molecule is CC(CN(CCC(N)=O)CCc1cccc(F)c1)N(CCc1ccc(O)c2[nH]c(=O)sc12)C1CCCCCC1.O=C(O)C(F)(F)F.O=C(O)C(F)(F)F. The number of hydrogen-bond acceptors (Lipinski definition) is 8. The molecule has 1 amide bonds. The van der Waals surface area contributed by atoms with Gasteiger partial charge in [-0.15, -0.1) is 0 Å². The number of carboxylic acid groups (broad SMARTS) is 2. The molecule has 6 N–H and O–H groups in total. The Morgan fingerprint density at radius 2 is 1.51 bits per heavy atom. The number of aliphatic carboxylic acids is 2. The minimum atomic E-state index is -5.08. The van der Waals surface area contributed by atoms with Crippen LogP contribution in [0.5, 0.6) is 5.75 Å². The topological polar surface area (TPSA) is 177 Å². The van der Waals surface area contributed by atoms with Gasteiger partial charge in [0.05, 0.1) is 4.70 Å². The van der Waals surface area contributed by atoms with E-state index in [4.69, 9.17) is 25.5 Å². The van der Waals surface area contributed by atoms with Crippen molar-refractivity contribution in [1.82, 2.24) is 14.8 Å². The number of thiazole rings is 1. The second-order valence-corrected chi connectivity index (χ2v) is 13.4. The zero-order chi connectivity index (χ0) is 39.9. The fourth-order valence-corrected chi connectivity index (χ4v) is 6.79. The van der Waals surface area contributed by atoms with E-state index < -0.39 is 24.3 Å². The van der Waals surface area contributed by atoms with Gasteiger partial charge in [0.15, 0.2) is 0 Å². The van der Waals surface area contributed by atoms with Crippen LogP contribution in [0.4, 0.5) is 30.7 Å². The van der Waals surface area contributed by atoms with E-state index in [2.05, 4.69) is 21.7 Å². The first-order valence-corrected chi connectivity index (χ1v) is 17.4. The Morgan fingerprint density at radius 3 is 2.04 bits per heavy atom. The molecule has 0 saturated heterocycles. The van der Waals surface area contributed by atoms with Gasteiger partial charge < -0.3 is 30.9 Å². The number of primary amides is 1. The van der Waals surface area contributed by atoms with Crippen LogP contribution < -0.4 is 10.6 Å². The number of alkyl halides is 6. The molecule has 0 aliphatic heterocycles. The van der Waals surface area contributed by atoms with Gasteiger partial charge in [0, 0.05) is 44.7 Å². The van der Waals surface area contributed by atoms with E-state index in [-0.39, 0.29) is 34.8 Å². The van der Waals surface area contributed by atoms with E-state index in [1.165, 1.54) is 31.7 Å². The summed E-state index contributed by atoms with van der Waals surface area (Å²) in [5.41, 5.74) is 8.02. The van der Waals surface area contributed by atoms with E-state index in [1.807, 2.05) is 12.1 Å². The molecule has 1 aromatic heterocycles. The number of phenolic OH excluding ortho intramolecular Hbond substituents is 1. The number of carboxylic acids is 2. The van der Waals surface area contributed by atoms with Crippen molar-refractivity contribution < 1.29 is 60.4 Å². The van der Waals surface area contributed by atoms with Gasteiger partial charge in [-0.3, -0.25) is 14.5 Å². The average Bonchev–Trinajstić information content (AvgIpc) is 3.27. The summed E-state index contributed by atoms with van der Waals surface area (Å²) in [5, 5.41) is 24.5. The number of halogens is 7. The number of H-pyrrole nitrogens is 1. The number of carbonyl (C=O) groups is 3. The van der Waals surface area contributed by atoms with Crippen LogP contribution in [-0.2, 0) is 27.2 Å². The van der Waals surface area contributed by atoms with E-state index in [1.54, 1.807) is 18.2 Å². The number of aromatic amines is 1. The van der Waals surface area contributed by atoms with Crippen LogP contribution in [0.3, 0.4) is 0 Å². The van der Waals surface area contributed by atoms with Crippen LogP contribution in [0, 0.1) is 5.82 Å². The first kappa shape index (κ1) is 44.9. The number of hydrogen-bond donors (Lipinski definition) is 5. The van der Waals surface area contributed by atoms with E-state index in [0.717, 1.165) is 66.1 Å². The summed E-state index contributed by atoms with van der Waals surface area (Å²) >= 11 is 1.15. The number of aromatic hydroxyl groups is 1. The second kappa shape index (κ2) is 20.9. The zero-order valence-corrected chi connectivity index (χ0v) is 29.6. The summed E-state index contributed by atoms with van der Waals surface area (Å²) in [7, 11) is 0. The number of rotatable bonds is 13. The summed E-state index contributed by atoms with van der Waals surface area (Å²) in [4.78, 5) is 48.9. The van der Waals surface area contributed by atoms with E-state index >= 15 is 0 Å². The lowest BCUT2D eigenvalue weighted by molar-refractivity contribution is -0.193. The third-order valence-electron chi connectivity index (χ3n) is 8.43. The van der Waals surface area contributed by atoms with Crippen LogP contribution >= 0.6 is 11.3 Å². The van der Waals surface area contributed by atoms with Gasteiger partial charge in [-0.25, -0.2) is 14.0 Å². The van der Waals surface area contributed by atoms with Gasteiger partial charge in [-0.05, 0) is 61.9 Å². The van der Waals surface area contributed by atoms with Crippen molar-refractivity contribution in [3.8, 4) is 5.75 Å². The molecule has 1 unspecified atom stereocenters. The van der Waals surface area contributed by atoms with Crippen LogP contribution in [0.2, 0.25) is 0 Å². The van der Waals surface area contributed by atoms with Crippen molar-refractivity contribution in [2.24, 2.45) is 5.73 Å². The van der Waals surface area contributed by atoms with Crippen molar-refractivity contribution in [3.63, 3.8) is 0 Å². The average molecular weight is 785 g/mol. The van der Waals surface area contributed by atoms with Crippen LogP contribution in [0.1, 0.15) is 63.0 Å². The molecule has 1 heterocycles. The predicted octanol–water partition coefficient (Wildman–Crippen LogP) is 6.08. The number of carbonyl (C=O) groups excluding carboxylic acids is 1. The Hall–Kier alpha value is -4.23. The van der Waals surface area contributed by atoms with Gasteiger partial charge in [0.1, 0.15) is 17.1 Å². The van der Waals surface area contributed by atoms with E-state index in [0.29, 0.717) is 24.5 Å². The maximum atomic E-state index is 13.7. The zero-order valence-electron chi connectivity index (χ0n) is 28.8. The van der Waals surface area contributed by atoms with Crippen molar-refractivity contribution in [2.75, 3.05) is 26.2 Å². The summed E-state index contributed by atoms with van der Waals surface area (Å²) in [5.74, 6) is -5.97. The first-order chi connectivity index (χ1) is 24.7. The molecule has 0 spiro atoms. The second-order valence-electron chi connectivity index (χ2n) is 12.4. The van der Waals surface area contributed by atoms with Gasteiger partial charge in [-0.1, -0.05) is 55.2 Å². The highest BCUT2D eigenvalue weighted by Crippen LogP contribution is 2.30. The number of benzene rings is 2. The number of aromatic nitrogens is 1. The lowest BCUT2D eigenvalue weighted by Gasteiger charge is -2.39. The largest absolute Gasteiger partial charge is 0.506 e. The molecule has 19 heteroatoms. The highest BCUT2D eigenvalue weighted by atomic mass is 32.1. The van der Waals surface area contributed by atoms with Gasteiger partial charge >= 0.3 is 29.2 Å². The highest BCUT2D eigenvalue weighted by Gasteiger charge is 2.39. The van der Waals surface area contributed by atoms with Crippen LogP contribution in [-0.4, -0.2) is 98.6 Å². The maximum absolute atomic E-state index is 13.7. The van der Waals surface area contributed by atoms with Crippen molar-refractivity contribution >= 4 is 39.4 Å². The molecule has 1 aliphatic carbocycles. The normalized spacial score (nSPS) is 14.5. The molecule has 1 atom stereocenters. The number of amides is 1. The minimum Gasteiger partial charge on any atom is -0.506 e. The molecule has 4 rings (SSSR count). The molecule has 11 nitrogen and oxygen atoms in total. The molecule has 0 radical (unpaired) electrons. The minimum absolute atomic E-state index is 0.101. The predicted molar refractivity (Wildman–Crippen MR) is 183 cm³/mol. The summed E-state index contributed by atoms with van der Waals surface area (Å²) in [6.07, 6.45) is -1.09. The Kier molecular flexibility index (Phi) is 17.7. The van der Waals surface area contributed by atoms with Crippen molar-refractivity contribution in [2.45, 2.75) is 89.1 Å². The summed E-state index contributed by atoms with van der Waals surface area (Å²) in [6, 6.07) is 11.0. The molecule has 0 bridgehead atoms. The molecule has 296 valence electrons. The summed E-state index contributed by atoms with van der Waals surface area (Å²) < 4.78 is 78.0. The number of nitrogens with zero attached hydrogens (tertiary/aromatic N) is 2.